The fraction of sp³-hybridized carbons (Fsp3) is 0.161. The second-order valence-electron chi connectivity index (χ2n) is 8.79. The Morgan fingerprint density at radius 1 is 1.18 bits per heavy atom. The number of nitrogens with zero attached hydrogens (tertiary/aromatic N) is 2. The molecule has 0 fully saturated rings. The molecule has 0 amide bonds. The summed E-state index contributed by atoms with van der Waals surface area (Å²) < 4.78 is 55.0. The molecule has 2 aromatic rings. The lowest BCUT2D eigenvalue weighted by Crippen LogP contribution is -2.12. The number of allylic oxidation sites excluding steroid dienone is 9. The Morgan fingerprint density at radius 2 is 1.95 bits per heavy atom. The third-order valence-electron chi connectivity index (χ3n) is 5.92. The second kappa shape index (κ2) is 13.4. The fourth-order valence-corrected chi connectivity index (χ4v) is 3.92. The molecule has 1 heterocycles. The number of alkyl halides is 3. The minimum Gasteiger partial charge on any atom is -0.373 e. The van der Waals surface area contributed by atoms with Crippen LogP contribution in [0.3, 0.4) is 0 Å². The minimum atomic E-state index is -4.59. The molecule has 208 valence electrons. The molecule has 0 saturated carbocycles. The summed E-state index contributed by atoms with van der Waals surface area (Å²) in [6, 6.07) is 5.65. The van der Waals surface area contributed by atoms with Gasteiger partial charge >= 0.3 is 6.18 Å². The van der Waals surface area contributed by atoms with E-state index < -0.39 is 17.6 Å². The lowest BCUT2D eigenvalue weighted by molar-refractivity contribution is -0.137. The Balaban J connectivity index is 1.67. The van der Waals surface area contributed by atoms with E-state index in [0.717, 1.165) is 23.8 Å². The molecule has 9 heteroatoms. The Labute approximate surface area is 231 Å². The third kappa shape index (κ3) is 7.92. The molecular weight excluding hydrogens is 518 g/mol. The molecule has 1 aromatic carbocycles. The number of pyridine rings is 1. The summed E-state index contributed by atoms with van der Waals surface area (Å²) in [5, 5.41) is 8.36. The zero-order valence-corrected chi connectivity index (χ0v) is 22.4. The molecule has 3 N–H and O–H groups in total. The average molecular weight is 550 g/mol. The lowest BCUT2D eigenvalue weighted by atomic mass is 10.0. The summed E-state index contributed by atoms with van der Waals surface area (Å²) >= 11 is 0. The molecule has 1 aliphatic carbocycles. The van der Waals surface area contributed by atoms with Crippen molar-refractivity contribution >= 4 is 23.3 Å². The van der Waals surface area contributed by atoms with E-state index in [2.05, 4.69) is 45.7 Å². The van der Waals surface area contributed by atoms with Crippen molar-refractivity contribution in [2.45, 2.75) is 25.9 Å². The summed E-state index contributed by atoms with van der Waals surface area (Å²) in [4.78, 5) is 8.18. The molecule has 40 heavy (non-hydrogen) atoms. The maximum absolute atomic E-state index is 15.0. The van der Waals surface area contributed by atoms with Crippen LogP contribution >= 0.6 is 0 Å². The van der Waals surface area contributed by atoms with Crippen LogP contribution in [0.5, 0.6) is 0 Å². The lowest BCUT2D eigenvalue weighted by Gasteiger charge is -2.15. The van der Waals surface area contributed by atoms with Crippen LogP contribution in [0.1, 0.15) is 30.0 Å². The van der Waals surface area contributed by atoms with Crippen molar-refractivity contribution in [2.75, 3.05) is 17.7 Å². The summed E-state index contributed by atoms with van der Waals surface area (Å²) in [5.41, 5.74) is 2.95. The van der Waals surface area contributed by atoms with Crippen LogP contribution in [-0.2, 0) is 12.6 Å². The van der Waals surface area contributed by atoms with Gasteiger partial charge in [-0.2, -0.15) is 13.2 Å². The number of anilines is 2. The van der Waals surface area contributed by atoms with Gasteiger partial charge in [-0.15, -0.1) is 0 Å². The summed E-state index contributed by atoms with van der Waals surface area (Å²) in [7, 11) is 1.36. The molecule has 3 rings (SSSR count). The van der Waals surface area contributed by atoms with Gasteiger partial charge in [-0.3, -0.25) is 0 Å². The molecule has 1 aliphatic rings. The van der Waals surface area contributed by atoms with Crippen molar-refractivity contribution in [3.05, 3.63) is 132 Å². The molecule has 0 saturated heterocycles. The number of hydrogen-bond donors (Lipinski definition) is 3. The van der Waals surface area contributed by atoms with Gasteiger partial charge in [0.2, 0.25) is 0 Å². The van der Waals surface area contributed by atoms with E-state index in [9.17, 15) is 13.2 Å². The van der Waals surface area contributed by atoms with E-state index in [-0.39, 0.29) is 17.9 Å². The van der Waals surface area contributed by atoms with Gasteiger partial charge in [-0.1, -0.05) is 62.2 Å². The summed E-state index contributed by atoms with van der Waals surface area (Å²) in [6.07, 6.45) is 10.5. The van der Waals surface area contributed by atoms with E-state index in [0.29, 0.717) is 28.2 Å². The van der Waals surface area contributed by atoms with E-state index in [4.69, 9.17) is 0 Å². The van der Waals surface area contributed by atoms with Crippen molar-refractivity contribution in [1.82, 2.24) is 10.3 Å². The van der Waals surface area contributed by atoms with Crippen LogP contribution in [0.2, 0.25) is 0 Å². The van der Waals surface area contributed by atoms with Gasteiger partial charge in [0.05, 0.1) is 17.4 Å². The molecule has 0 bridgehead atoms. The summed E-state index contributed by atoms with van der Waals surface area (Å²) in [6.45, 7) is 13.4. The largest absolute Gasteiger partial charge is 0.420 e. The van der Waals surface area contributed by atoms with Crippen molar-refractivity contribution in [1.29, 1.82) is 0 Å². The zero-order chi connectivity index (χ0) is 29.3. The zero-order valence-electron chi connectivity index (χ0n) is 22.4. The Kier molecular flexibility index (Phi) is 10.0. The van der Waals surface area contributed by atoms with Gasteiger partial charge in [-0.05, 0) is 53.8 Å². The number of aromatic nitrogens is 1. The van der Waals surface area contributed by atoms with Crippen LogP contribution in [0.4, 0.5) is 29.1 Å². The number of nitrogens with one attached hydrogen (secondary N) is 3. The highest BCUT2D eigenvalue weighted by molar-refractivity contribution is 6.10. The Hall–Kier alpha value is -4.66. The van der Waals surface area contributed by atoms with E-state index >= 15 is 4.39 Å². The smallest absolute Gasteiger partial charge is 0.373 e. The maximum Gasteiger partial charge on any atom is 0.420 e. The van der Waals surface area contributed by atoms with Gasteiger partial charge in [0, 0.05) is 31.1 Å². The highest BCUT2D eigenvalue weighted by Crippen LogP contribution is 2.35. The Morgan fingerprint density at radius 3 is 2.55 bits per heavy atom. The van der Waals surface area contributed by atoms with E-state index in [1.807, 2.05) is 31.2 Å². The first-order valence-electron chi connectivity index (χ1n) is 12.4. The van der Waals surface area contributed by atoms with Gasteiger partial charge in [-0.25, -0.2) is 14.4 Å². The number of aliphatic imine (C=N–C) groups is 1. The molecular formula is C31H31F4N5. The topological polar surface area (TPSA) is 61.3 Å². The first-order chi connectivity index (χ1) is 19.0. The standard InChI is InChI=1S/C31H31F4N5/c1-6-22(18-37-21(4)40-29(7-2)23-11-9-8-10-12-23)24-13-14-25(28(32)16-24)15-20(3)39-26-17-27(31(33,34)35)30(36-5)38-19-26/h6-11,13-14,16-19,39-40H,2-4,12,15H2,1,5H3,(H,36,38)/b22-6+,29-23+,37-18?. The number of rotatable bonds is 11. The van der Waals surface area contributed by atoms with E-state index in [1.165, 1.54) is 19.3 Å². The molecule has 0 radical (unpaired) electrons. The second-order valence-corrected chi connectivity index (χ2v) is 8.79. The van der Waals surface area contributed by atoms with Crippen LogP contribution in [0, 0.1) is 5.82 Å². The van der Waals surface area contributed by atoms with Crippen molar-refractivity contribution in [3.63, 3.8) is 0 Å². The molecule has 0 spiro atoms. The van der Waals surface area contributed by atoms with Crippen LogP contribution in [-0.4, -0.2) is 18.2 Å². The maximum atomic E-state index is 15.0. The number of halogens is 4. The van der Waals surface area contributed by atoms with Gasteiger partial charge in [0.25, 0.3) is 0 Å². The first-order valence-corrected chi connectivity index (χ1v) is 12.4. The Bertz CT molecular complexity index is 1440. The molecule has 1 aromatic heterocycles. The monoisotopic (exact) mass is 549 g/mol. The predicted octanol–water partition coefficient (Wildman–Crippen LogP) is 7.94. The quantitative estimate of drug-likeness (QED) is 0.197. The van der Waals surface area contributed by atoms with Gasteiger partial charge in [0.15, 0.2) is 0 Å². The van der Waals surface area contributed by atoms with Crippen LogP contribution in [0.15, 0.2) is 114 Å². The molecule has 0 aliphatic heterocycles. The molecule has 0 unspecified atom stereocenters. The average Bonchev–Trinajstić information content (AvgIpc) is 2.93. The van der Waals surface area contributed by atoms with Gasteiger partial charge < -0.3 is 16.0 Å². The van der Waals surface area contributed by atoms with E-state index in [1.54, 1.807) is 30.5 Å². The third-order valence-corrected chi connectivity index (χ3v) is 5.92. The predicted molar refractivity (Wildman–Crippen MR) is 156 cm³/mol. The highest BCUT2D eigenvalue weighted by Gasteiger charge is 2.34. The number of hydrogen-bond acceptors (Lipinski definition) is 5. The molecule has 0 atom stereocenters. The first kappa shape index (κ1) is 29.9. The number of benzene rings is 1. The van der Waals surface area contributed by atoms with Crippen molar-refractivity contribution < 1.29 is 17.6 Å². The van der Waals surface area contributed by atoms with Crippen molar-refractivity contribution in [2.24, 2.45) is 4.99 Å². The minimum absolute atomic E-state index is 0.0594. The molecule has 5 nitrogen and oxygen atoms in total. The fourth-order valence-electron chi connectivity index (χ4n) is 3.92. The van der Waals surface area contributed by atoms with Gasteiger partial charge in [0.1, 0.15) is 17.5 Å². The highest BCUT2D eigenvalue weighted by atomic mass is 19.4. The van der Waals surface area contributed by atoms with Crippen molar-refractivity contribution in [3.8, 4) is 0 Å². The normalized spacial score (nSPS) is 14.7. The summed E-state index contributed by atoms with van der Waals surface area (Å²) in [5.74, 6) is -0.374. The van der Waals surface area contributed by atoms with Crippen LogP contribution < -0.4 is 16.0 Å². The SMILES string of the molecule is C=C/C(NC(=C)N=C/C(=C\C)c1ccc(CC(=C)Nc2cnc(NC)c(C(F)(F)F)c2)c(F)c1)=C1/C=CC=CC1. The van der Waals surface area contributed by atoms with Crippen LogP contribution in [0.25, 0.3) is 5.57 Å².